The fourth-order valence-corrected chi connectivity index (χ4v) is 2.57. The van der Waals surface area contributed by atoms with Gasteiger partial charge in [-0.05, 0) is 36.8 Å². The topological polar surface area (TPSA) is 39.2 Å². The Hall–Kier alpha value is -1.17. The van der Waals surface area contributed by atoms with Crippen molar-refractivity contribution in [3.63, 3.8) is 0 Å². The molecule has 0 bridgehead atoms. The molecule has 0 amide bonds. The van der Waals surface area contributed by atoms with E-state index in [2.05, 4.69) is 34.7 Å². The van der Waals surface area contributed by atoms with E-state index in [9.17, 15) is 0 Å². The fourth-order valence-electron chi connectivity index (χ4n) is 2.29. The fraction of sp³-hybridized carbons (Fsp3) is 0.462. The molecule has 0 aliphatic carbocycles. The number of H-pyrrole nitrogens is 1. The molecule has 1 saturated heterocycles. The van der Waals surface area contributed by atoms with E-state index in [1.54, 1.807) is 0 Å². The third kappa shape index (κ3) is 2.21. The van der Waals surface area contributed by atoms with Crippen molar-refractivity contribution in [2.75, 3.05) is 19.8 Å². The minimum Gasteiger partial charge on any atom is -0.376 e. The van der Waals surface area contributed by atoms with Crippen LogP contribution >= 0.6 is 12.2 Å². The molecule has 18 heavy (non-hydrogen) atoms. The molecule has 3 rings (SSSR count). The van der Waals surface area contributed by atoms with Crippen LogP contribution in [0.25, 0.3) is 11.0 Å². The Morgan fingerprint density at radius 2 is 2.33 bits per heavy atom. The molecule has 1 N–H and O–H groups in total. The number of rotatable bonds is 2. The first kappa shape index (κ1) is 11.9. The first-order chi connectivity index (χ1) is 8.74. The predicted molar refractivity (Wildman–Crippen MR) is 72.4 cm³/mol. The van der Waals surface area contributed by atoms with Crippen molar-refractivity contribution in [1.29, 1.82) is 0 Å². The van der Waals surface area contributed by atoms with Crippen LogP contribution in [0.15, 0.2) is 18.2 Å². The minimum absolute atomic E-state index is 0.0879. The number of nitrogens with zero attached hydrogens (tertiary/aromatic N) is 1. The van der Waals surface area contributed by atoms with E-state index in [1.165, 1.54) is 5.56 Å². The smallest absolute Gasteiger partial charge is 0.178 e. The summed E-state index contributed by atoms with van der Waals surface area (Å²) in [7, 11) is 0. The van der Waals surface area contributed by atoms with Crippen molar-refractivity contribution in [3.05, 3.63) is 28.5 Å². The zero-order valence-electron chi connectivity index (χ0n) is 10.3. The standard InChI is InChI=1S/C13H16N2O2S/c1-9-2-3-11-12(6-9)15(13(18)14-11)7-10-8-16-4-5-17-10/h2-3,6,10H,4-5,7-8H2,1H3,(H,14,18). The zero-order chi connectivity index (χ0) is 12.5. The SMILES string of the molecule is Cc1ccc2[nH]c(=S)n(CC3COCCO3)c2c1. The lowest BCUT2D eigenvalue weighted by atomic mass is 10.2. The summed E-state index contributed by atoms with van der Waals surface area (Å²) in [5.74, 6) is 0. The summed E-state index contributed by atoms with van der Waals surface area (Å²) >= 11 is 5.38. The second kappa shape index (κ2) is 4.84. The van der Waals surface area contributed by atoms with Crippen LogP contribution in [-0.2, 0) is 16.0 Å². The average Bonchev–Trinajstić information content (AvgIpc) is 2.67. The molecule has 1 atom stereocenters. The van der Waals surface area contributed by atoms with Crippen molar-refractivity contribution in [2.45, 2.75) is 19.6 Å². The van der Waals surface area contributed by atoms with Crippen molar-refractivity contribution in [3.8, 4) is 0 Å². The van der Waals surface area contributed by atoms with Crippen LogP contribution in [0.2, 0.25) is 0 Å². The highest BCUT2D eigenvalue weighted by atomic mass is 32.1. The van der Waals surface area contributed by atoms with E-state index in [1.807, 2.05) is 0 Å². The maximum absolute atomic E-state index is 5.68. The van der Waals surface area contributed by atoms with Gasteiger partial charge < -0.3 is 19.0 Å². The summed E-state index contributed by atoms with van der Waals surface area (Å²) in [5, 5.41) is 0. The highest BCUT2D eigenvalue weighted by Crippen LogP contribution is 2.17. The van der Waals surface area contributed by atoms with Gasteiger partial charge in [0, 0.05) is 0 Å². The van der Waals surface area contributed by atoms with Gasteiger partial charge in [-0.1, -0.05) is 6.07 Å². The van der Waals surface area contributed by atoms with E-state index in [4.69, 9.17) is 21.7 Å². The van der Waals surface area contributed by atoms with Crippen LogP contribution in [0.5, 0.6) is 0 Å². The second-order valence-corrected chi connectivity index (χ2v) is 5.02. The van der Waals surface area contributed by atoms with Crippen molar-refractivity contribution >= 4 is 23.3 Å². The summed E-state index contributed by atoms with van der Waals surface area (Å²) < 4.78 is 13.9. The number of benzene rings is 1. The number of imidazole rings is 1. The number of fused-ring (bicyclic) bond motifs is 1. The quantitative estimate of drug-likeness (QED) is 0.847. The van der Waals surface area contributed by atoms with Crippen LogP contribution in [0.1, 0.15) is 5.56 Å². The monoisotopic (exact) mass is 264 g/mol. The molecule has 1 aliphatic rings. The molecular weight excluding hydrogens is 248 g/mol. The first-order valence-corrected chi connectivity index (χ1v) is 6.53. The maximum atomic E-state index is 5.68. The highest BCUT2D eigenvalue weighted by Gasteiger charge is 2.16. The van der Waals surface area contributed by atoms with Gasteiger partial charge in [-0.2, -0.15) is 0 Å². The Labute approximate surface area is 111 Å². The first-order valence-electron chi connectivity index (χ1n) is 6.12. The number of nitrogens with one attached hydrogen (secondary N) is 1. The Kier molecular flexibility index (Phi) is 3.20. The molecule has 1 unspecified atom stereocenters. The lowest BCUT2D eigenvalue weighted by Crippen LogP contribution is -2.32. The van der Waals surface area contributed by atoms with E-state index < -0.39 is 0 Å². The van der Waals surface area contributed by atoms with Gasteiger partial charge in [0.25, 0.3) is 0 Å². The highest BCUT2D eigenvalue weighted by molar-refractivity contribution is 7.71. The summed E-state index contributed by atoms with van der Waals surface area (Å²) in [6, 6.07) is 6.29. The van der Waals surface area contributed by atoms with Crippen LogP contribution in [0.4, 0.5) is 0 Å². The largest absolute Gasteiger partial charge is 0.376 e. The lowest BCUT2D eigenvalue weighted by Gasteiger charge is -2.23. The molecule has 1 aromatic heterocycles. The number of aromatic nitrogens is 2. The van der Waals surface area contributed by atoms with E-state index in [-0.39, 0.29) is 6.10 Å². The maximum Gasteiger partial charge on any atom is 0.178 e. The Balaban J connectivity index is 1.97. The van der Waals surface area contributed by atoms with Gasteiger partial charge in [0.2, 0.25) is 0 Å². The van der Waals surface area contributed by atoms with Crippen LogP contribution in [-0.4, -0.2) is 35.5 Å². The van der Waals surface area contributed by atoms with Gasteiger partial charge in [-0.15, -0.1) is 0 Å². The van der Waals surface area contributed by atoms with Gasteiger partial charge in [-0.25, -0.2) is 0 Å². The molecule has 1 aromatic carbocycles. The average molecular weight is 264 g/mol. The third-order valence-corrected chi connectivity index (χ3v) is 3.52. The Bertz CT molecular complexity index is 611. The van der Waals surface area contributed by atoms with Gasteiger partial charge in [0.05, 0.1) is 43.5 Å². The van der Waals surface area contributed by atoms with Crippen molar-refractivity contribution in [2.24, 2.45) is 0 Å². The molecule has 1 aliphatic heterocycles. The van der Waals surface area contributed by atoms with Crippen LogP contribution in [0, 0.1) is 11.7 Å². The molecule has 0 radical (unpaired) electrons. The summed E-state index contributed by atoms with van der Waals surface area (Å²) in [4.78, 5) is 3.23. The number of hydrogen-bond acceptors (Lipinski definition) is 3. The number of aromatic amines is 1. The van der Waals surface area contributed by atoms with Gasteiger partial charge in [0.1, 0.15) is 0 Å². The molecule has 1 fully saturated rings. The molecule has 4 nitrogen and oxygen atoms in total. The molecule has 2 aromatic rings. The van der Waals surface area contributed by atoms with Gasteiger partial charge in [0.15, 0.2) is 4.77 Å². The van der Waals surface area contributed by atoms with E-state index in [0.717, 1.165) is 22.3 Å². The number of ether oxygens (including phenoxy) is 2. The number of hydrogen-bond donors (Lipinski definition) is 1. The number of aryl methyl sites for hydroxylation is 1. The van der Waals surface area contributed by atoms with E-state index in [0.29, 0.717) is 19.8 Å². The molecular formula is C13H16N2O2S. The molecule has 0 spiro atoms. The summed E-state index contributed by atoms with van der Waals surface area (Å²) in [6.07, 6.45) is 0.0879. The molecule has 2 heterocycles. The Morgan fingerprint density at radius 3 is 3.11 bits per heavy atom. The van der Waals surface area contributed by atoms with Crippen molar-refractivity contribution < 1.29 is 9.47 Å². The second-order valence-electron chi connectivity index (χ2n) is 4.63. The normalized spacial score (nSPS) is 20.4. The lowest BCUT2D eigenvalue weighted by molar-refractivity contribution is -0.0933. The van der Waals surface area contributed by atoms with Crippen LogP contribution < -0.4 is 0 Å². The van der Waals surface area contributed by atoms with Gasteiger partial charge in [-0.3, -0.25) is 0 Å². The molecule has 0 saturated carbocycles. The van der Waals surface area contributed by atoms with Crippen molar-refractivity contribution in [1.82, 2.24) is 9.55 Å². The molecule has 96 valence electrons. The van der Waals surface area contributed by atoms with E-state index >= 15 is 0 Å². The van der Waals surface area contributed by atoms with Gasteiger partial charge >= 0.3 is 0 Å². The summed E-state index contributed by atoms with van der Waals surface area (Å²) in [6.45, 7) is 4.82. The summed E-state index contributed by atoms with van der Waals surface area (Å²) in [5.41, 5.74) is 3.43. The minimum atomic E-state index is 0.0879. The third-order valence-electron chi connectivity index (χ3n) is 3.20. The predicted octanol–water partition coefficient (Wildman–Crippen LogP) is 2.42. The Morgan fingerprint density at radius 1 is 1.44 bits per heavy atom. The van der Waals surface area contributed by atoms with Crippen LogP contribution in [0.3, 0.4) is 0 Å². The molecule has 5 heteroatoms. The zero-order valence-corrected chi connectivity index (χ0v) is 11.1.